The van der Waals surface area contributed by atoms with E-state index in [1.807, 2.05) is 0 Å². The fraction of sp³-hybridized carbons (Fsp3) is 0.200. The monoisotopic (exact) mass is 414 g/mol. The minimum atomic E-state index is -3.29. The SMILES string of the molecule is O=C(NC1CCS(=O)(=O)c2ccccc21)c1cc(Br)cnc1Cl. The zero-order valence-corrected chi connectivity index (χ0v) is 15.0. The van der Waals surface area contributed by atoms with E-state index in [1.54, 1.807) is 30.3 Å². The standard InChI is InChI=1S/C15H12BrClN2O3S/c16-9-7-11(14(17)18-8-9)15(20)19-12-5-6-23(21,22)13-4-2-1-3-10(12)13/h1-4,7-8,12H,5-6H2,(H,19,20). The Bertz CT molecular complexity index is 886. The molecular weight excluding hydrogens is 404 g/mol. The van der Waals surface area contributed by atoms with E-state index in [4.69, 9.17) is 11.6 Å². The lowest BCUT2D eigenvalue weighted by molar-refractivity contribution is 0.0934. The highest BCUT2D eigenvalue weighted by Crippen LogP contribution is 2.32. The third kappa shape index (κ3) is 3.27. The predicted molar refractivity (Wildman–Crippen MR) is 90.3 cm³/mol. The van der Waals surface area contributed by atoms with E-state index in [2.05, 4.69) is 26.2 Å². The molecule has 0 spiro atoms. The second-order valence-corrected chi connectivity index (χ2v) is 8.51. The summed E-state index contributed by atoms with van der Waals surface area (Å²) in [5, 5.41) is 2.95. The Morgan fingerprint density at radius 1 is 1.35 bits per heavy atom. The molecule has 23 heavy (non-hydrogen) atoms. The first-order valence-electron chi connectivity index (χ1n) is 6.82. The topological polar surface area (TPSA) is 76.1 Å². The molecule has 1 unspecified atom stereocenters. The quantitative estimate of drug-likeness (QED) is 0.765. The smallest absolute Gasteiger partial charge is 0.254 e. The number of fused-ring (bicyclic) bond motifs is 1. The van der Waals surface area contributed by atoms with Crippen molar-refractivity contribution in [3.63, 3.8) is 0 Å². The number of aromatic nitrogens is 1. The van der Waals surface area contributed by atoms with Crippen LogP contribution in [0.1, 0.15) is 28.4 Å². The maximum absolute atomic E-state index is 12.5. The Morgan fingerprint density at radius 3 is 2.87 bits per heavy atom. The Hall–Kier alpha value is -1.44. The summed E-state index contributed by atoms with van der Waals surface area (Å²) in [5.74, 6) is -0.387. The first kappa shape index (κ1) is 16.4. The number of nitrogens with zero attached hydrogens (tertiary/aromatic N) is 1. The Kier molecular flexibility index (Phi) is 4.44. The van der Waals surface area contributed by atoms with Crippen LogP contribution in [0.3, 0.4) is 0 Å². The number of hydrogen-bond acceptors (Lipinski definition) is 4. The van der Waals surface area contributed by atoms with Crippen LogP contribution >= 0.6 is 27.5 Å². The summed E-state index contributed by atoms with van der Waals surface area (Å²) in [6, 6.07) is 7.92. The van der Waals surface area contributed by atoms with Gasteiger partial charge in [-0.3, -0.25) is 4.79 Å². The molecule has 0 aliphatic carbocycles. The number of halogens is 2. The van der Waals surface area contributed by atoms with Gasteiger partial charge in [0, 0.05) is 10.7 Å². The Morgan fingerprint density at radius 2 is 2.09 bits per heavy atom. The lowest BCUT2D eigenvalue weighted by Crippen LogP contribution is -2.34. The molecule has 2 aromatic rings. The molecular formula is C15H12BrClN2O3S. The molecule has 0 radical (unpaired) electrons. The Balaban J connectivity index is 1.92. The summed E-state index contributed by atoms with van der Waals surface area (Å²) in [6.07, 6.45) is 1.83. The summed E-state index contributed by atoms with van der Waals surface area (Å²) < 4.78 is 24.9. The molecule has 1 aliphatic heterocycles. The molecule has 0 fully saturated rings. The van der Waals surface area contributed by atoms with E-state index in [-0.39, 0.29) is 33.3 Å². The van der Waals surface area contributed by atoms with Crippen molar-refractivity contribution in [3.8, 4) is 0 Å². The molecule has 0 saturated carbocycles. The van der Waals surface area contributed by atoms with E-state index in [0.29, 0.717) is 16.5 Å². The molecule has 1 atom stereocenters. The molecule has 1 aromatic carbocycles. The lowest BCUT2D eigenvalue weighted by atomic mass is 10.0. The summed E-state index contributed by atoms with van der Waals surface area (Å²) in [6.45, 7) is 0. The number of amides is 1. The summed E-state index contributed by atoms with van der Waals surface area (Å²) >= 11 is 9.22. The molecule has 3 rings (SSSR count). The van der Waals surface area contributed by atoms with Gasteiger partial charge in [-0.25, -0.2) is 13.4 Å². The van der Waals surface area contributed by atoms with E-state index < -0.39 is 9.84 Å². The van der Waals surface area contributed by atoms with Crippen molar-refractivity contribution in [2.45, 2.75) is 17.4 Å². The van der Waals surface area contributed by atoms with Crippen molar-refractivity contribution in [2.24, 2.45) is 0 Å². The number of hydrogen-bond donors (Lipinski definition) is 1. The largest absolute Gasteiger partial charge is 0.345 e. The second-order valence-electron chi connectivity index (χ2n) is 5.16. The van der Waals surface area contributed by atoms with Crippen molar-refractivity contribution in [3.05, 3.63) is 57.3 Å². The van der Waals surface area contributed by atoms with Gasteiger partial charge in [0.05, 0.1) is 22.3 Å². The van der Waals surface area contributed by atoms with Crippen LogP contribution in [0, 0.1) is 0 Å². The van der Waals surface area contributed by atoms with Gasteiger partial charge in [0.1, 0.15) is 5.15 Å². The molecule has 1 N–H and O–H groups in total. The van der Waals surface area contributed by atoms with Gasteiger partial charge in [0.2, 0.25) is 0 Å². The number of benzene rings is 1. The first-order valence-corrected chi connectivity index (χ1v) is 9.64. The molecule has 5 nitrogen and oxygen atoms in total. The second kappa shape index (κ2) is 6.22. The number of pyridine rings is 1. The van der Waals surface area contributed by atoms with Gasteiger partial charge in [-0.15, -0.1) is 0 Å². The number of sulfone groups is 1. The van der Waals surface area contributed by atoms with Crippen molar-refractivity contribution in [2.75, 3.05) is 5.75 Å². The van der Waals surface area contributed by atoms with Crippen LogP contribution < -0.4 is 5.32 Å². The molecule has 120 valence electrons. The molecule has 8 heteroatoms. The average Bonchev–Trinajstić information content (AvgIpc) is 2.53. The predicted octanol–water partition coefficient (Wildman–Crippen LogP) is 3.15. The zero-order chi connectivity index (χ0) is 16.6. The number of nitrogens with one attached hydrogen (secondary N) is 1. The number of carbonyl (C=O) groups is 1. The van der Waals surface area contributed by atoms with Crippen LogP contribution in [0.25, 0.3) is 0 Å². The van der Waals surface area contributed by atoms with Crippen molar-refractivity contribution < 1.29 is 13.2 Å². The van der Waals surface area contributed by atoms with Crippen molar-refractivity contribution in [1.29, 1.82) is 0 Å². The minimum Gasteiger partial charge on any atom is -0.345 e. The van der Waals surface area contributed by atoms with Crippen LogP contribution in [-0.4, -0.2) is 25.1 Å². The van der Waals surface area contributed by atoms with Gasteiger partial charge < -0.3 is 5.32 Å². The first-order chi connectivity index (χ1) is 10.9. The van der Waals surface area contributed by atoms with Gasteiger partial charge in [0.15, 0.2) is 9.84 Å². The third-order valence-electron chi connectivity index (χ3n) is 3.66. The molecule has 1 amide bonds. The van der Waals surface area contributed by atoms with Crippen molar-refractivity contribution in [1.82, 2.24) is 10.3 Å². The minimum absolute atomic E-state index is 0.000569. The van der Waals surface area contributed by atoms with E-state index in [0.717, 1.165) is 0 Å². The van der Waals surface area contributed by atoms with Gasteiger partial charge in [0.25, 0.3) is 5.91 Å². The normalized spacial score (nSPS) is 19.0. The average molecular weight is 416 g/mol. The molecule has 1 aromatic heterocycles. The highest BCUT2D eigenvalue weighted by molar-refractivity contribution is 9.10. The molecule has 0 bridgehead atoms. The summed E-state index contributed by atoms with van der Waals surface area (Å²) in [4.78, 5) is 16.6. The van der Waals surface area contributed by atoms with Gasteiger partial charge in [-0.1, -0.05) is 29.8 Å². The van der Waals surface area contributed by atoms with Crippen LogP contribution in [0.2, 0.25) is 5.15 Å². The van der Waals surface area contributed by atoms with E-state index in [1.165, 1.54) is 6.20 Å². The van der Waals surface area contributed by atoms with Gasteiger partial charge >= 0.3 is 0 Å². The number of carbonyl (C=O) groups excluding carboxylic acids is 1. The number of rotatable bonds is 2. The Labute approximate surface area is 147 Å². The van der Waals surface area contributed by atoms with E-state index in [9.17, 15) is 13.2 Å². The lowest BCUT2D eigenvalue weighted by Gasteiger charge is -2.26. The third-order valence-corrected chi connectivity index (χ3v) is 6.21. The van der Waals surface area contributed by atoms with Crippen LogP contribution in [0.15, 0.2) is 45.9 Å². The zero-order valence-electron chi connectivity index (χ0n) is 11.8. The van der Waals surface area contributed by atoms with Gasteiger partial charge in [-0.05, 0) is 40.0 Å². The molecule has 2 heterocycles. The maximum atomic E-state index is 12.5. The maximum Gasteiger partial charge on any atom is 0.254 e. The summed E-state index contributed by atoms with van der Waals surface area (Å²) in [7, 11) is -3.29. The van der Waals surface area contributed by atoms with Gasteiger partial charge in [-0.2, -0.15) is 0 Å². The van der Waals surface area contributed by atoms with Crippen LogP contribution in [0.4, 0.5) is 0 Å². The highest BCUT2D eigenvalue weighted by atomic mass is 79.9. The fourth-order valence-electron chi connectivity index (χ4n) is 2.56. The fourth-order valence-corrected chi connectivity index (χ4v) is 4.70. The summed E-state index contributed by atoms with van der Waals surface area (Å²) in [5.41, 5.74) is 0.845. The van der Waals surface area contributed by atoms with E-state index >= 15 is 0 Å². The highest BCUT2D eigenvalue weighted by Gasteiger charge is 2.31. The van der Waals surface area contributed by atoms with Crippen LogP contribution in [-0.2, 0) is 9.84 Å². The van der Waals surface area contributed by atoms with Crippen LogP contribution in [0.5, 0.6) is 0 Å². The van der Waals surface area contributed by atoms with Crippen molar-refractivity contribution >= 4 is 43.3 Å². The molecule has 0 saturated heterocycles. The molecule has 1 aliphatic rings.